The molecule has 1 aromatic heterocycles. The van der Waals surface area contributed by atoms with E-state index in [0.717, 1.165) is 33.5 Å². The van der Waals surface area contributed by atoms with Crippen molar-refractivity contribution in [1.29, 1.82) is 0 Å². The number of hydrogen-bond acceptors (Lipinski definition) is 5. The van der Waals surface area contributed by atoms with E-state index in [4.69, 9.17) is 9.52 Å². The van der Waals surface area contributed by atoms with E-state index in [1.165, 1.54) is 0 Å². The summed E-state index contributed by atoms with van der Waals surface area (Å²) in [6.07, 6.45) is 0.257. The number of nitrogens with zero attached hydrogens (tertiary/aromatic N) is 1. The molecule has 7 nitrogen and oxygen atoms in total. The summed E-state index contributed by atoms with van der Waals surface area (Å²) < 4.78 is 5.92. The van der Waals surface area contributed by atoms with Crippen LogP contribution in [0.4, 0.5) is 17.4 Å². The molecular weight excluding hydrogens is 430 g/mol. The summed E-state index contributed by atoms with van der Waals surface area (Å²) in [6.45, 7) is 5.82. The van der Waals surface area contributed by atoms with E-state index in [-0.39, 0.29) is 24.7 Å². The van der Waals surface area contributed by atoms with E-state index in [1.54, 1.807) is 12.1 Å². The fourth-order valence-corrected chi connectivity index (χ4v) is 3.92. The van der Waals surface area contributed by atoms with Gasteiger partial charge >= 0.3 is 5.97 Å². The van der Waals surface area contributed by atoms with Crippen LogP contribution in [0.25, 0.3) is 11.1 Å². The number of anilines is 3. The number of aryl methyl sites for hydroxylation is 2. The highest BCUT2D eigenvalue weighted by Gasteiger charge is 2.14. The number of carboxylic acid groups (broad SMARTS) is 1. The number of rotatable bonds is 8. The third-order valence-corrected chi connectivity index (χ3v) is 5.74. The Kier molecular flexibility index (Phi) is 6.63. The van der Waals surface area contributed by atoms with Gasteiger partial charge in [-0.3, -0.25) is 9.59 Å². The first-order valence-electron chi connectivity index (χ1n) is 11.1. The van der Waals surface area contributed by atoms with Gasteiger partial charge in [0.1, 0.15) is 5.52 Å². The largest absolute Gasteiger partial charge is 0.481 e. The lowest BCUT2D eigenvalue weighted by atomic mass is 9.98. The van der Waals surface area contributed by atoms with Gasteiger partial charge in [0.05, 0.1) is 12.8 Å². The van der Waals surface area contributed by atoms with E-state index >= 15 is 0 Å². The number of carbonyl (C=O) groups excluding carboxylic acids is 1. The number of para-hydroxylation sites is 1. The van der Waals surface area contributed by atoms with E-state index in [9.17, 15) is 9.59 Å². The third kappa shape index (κ3) is 5.43. The van der Waals surface area contributed by atoms with Crippen molar-refractivity contribution in [2.75, 3.05) is 10.6 Å². The molecule has 3 aromatic carbocycles. The van der Waals surface area contributed by atoms with Gasteiger partial charge in [-0.1, -0.05) is 43.3 Å². The van der Waals surface area contributed by atoms with Crippen molar-refractivity contribution in [2.45, 2.75) is 39.5 Å². The van der Waals surface area contributed by atoms with Crippen LogP contribution >= 0.6 is 0 Å². The number of aromatic nitrogens is 1. The minimum absolute atomic E-state index is 0.0668. The van der Waals surface area contributed by atoms with Crippen molar-refractivity contribution in [3.8, 4) is 0 Å². The highest BCUT2D eigenvalue weighted by molar-refractivity contribution is 5.93. The Labute approximate surface area is 197 Å². The molecule has 0 radical (unpaired) electrons. The minimum atomic E-state index is -0.831. The Hall–Kier alpha value is -4.13. The number of fused-ring (bicyclic) bond motifs is 1. The molecule has 0 bridgehead atoms. The summed E-state index contributed by atoms with van der Waals surface area (Å²) in [4.78, 5) is 28.1. The second-order valence-electron chi connectivity index (χ2n) is 8.56. The molecule has 4 rings (SSSR count). The maximum absolute atomic E-state index is 12.6. The van der Waals surface area contributed by atoms with Gasteiger partial charge in [-0.15, -0.1) is 0 Å². The first-order chi connectivity index (χ1) is 16.3. The fraction of sp³-hybridized carbons (Fsp3) is 0.222. The Morgan fingerprint density at radius 2 is 1.76 bits per heavy atom. The Balaban J connectivity index is 1.44. The van der Waals surface area contributed by atoms with Gasteiger partial charge in [0, 0.05) is 11.4 Å². The average Bonchev–Trinajstić information content (AvgIpc) is 3.18. The normalized spacial score (nSPS) is 11.9. The number of aliphatic carboxylic acids is 1. The van der Waals surface area contributed by atoms with Crippen LogP contribution in [0.5, 0.6) is 0 Å². The van der Waals surface area contributed by atoms with Crippen molar-refractivity contribution >= 4 is 40.4 Å². The molecule has 4 aromatic rings. The van der Waals surface area contributed by atoms with E-state index in [0.29, 0.717) is 17.3 Å². The van der Waals surface area contributed by atoms with Gasteiger partial charge in [-0.05, 0) is 66.3 Å². The lowest BCUT2D eigenvalue weighted by molar-refractivity contribution is -0.137. The molecule has 174 valence electrons. The zero-order chi connectivity index (χ0) is 24.2. The Bertz CT molecular complexity index is 1340. The lowest BCUT2D eigenvalue weighted by Crippen LogP contribution is -2.14. The van der Waals surface area contributed by atoms with Crippen LogP contribution in [-0.2, 0) is 16.0 Å². The van der Waals surface area contributed by atoms with Gasteiger partial charge in [0.15, 0.2) is 5.58 Å². The molecule has 1 heterocycles. The molecular formula is C27H27N3O4. The van der Waals surface area contributed by atoms with E-state index < -0.39 is 5.97 Å². The summed E-state index contributed by atoms with van der Waals surface area (Å²) in [5, 5.41) is 15.1. The molecule has 0 spiro atoms. The third-order valence-electron chi connectivity index (χ3n) is 5.74. The molecule has 34 heavy (non-hydrogen) atoms. The van der Waals surface area contributed by atoms with E-state index in [1.807, 2.05) is 69.3 Å². The predicted octanol–water partition coefficient (Wildman–Crippen LogP) is 5.95. The van der Waals surface area contributed by atoms with Gasteiger partial charge in [-0.25, -0.2) is 0 Å². The first kappa shape index (κ1) is 23.0. The smallest absolute Gasteiger partial charge is 0.303 e. The molecule has 0 saturated carbocycles. The first-order valence-corrected chi connectivity index (χ1v) is 11.1. The van der Waals surface area contributed by atoms with Crippen LogP contribution in [0.3, 0.4) is 0 Å². The van der Waals surface area contributed by atoms with Crippen LogP contribution in [0, 0.1) is 13.8 Å². The number of oxazole rings is 1. The maximum atomic E-state index is 12.6. The van der Waals surface area contributed by atoms with E-state index in [2.05, 4.69) is 15.6 Å². The molecule has 1 amide bonds. The van der Waals surface area contributed by atoms with Crippen LogP contribution < -0.4 is 10.6 Å². The summed E-state index contributed by atoms with van der Waals surface area (Å²) in [7, 11) is 0. The number of carbonyl (C=O) groups is 2. The zero-order valence-corrected chi connectivity index (χ0v) is 19.4. The lowest BCUT2D eigenvalue weighted by Gasteiger charge is -2.11. The zero-order valence-electron chi connectivity index (χ0n) is 19.4. The number of hydrogen-bond donors (Lipinski definition) is 3. The van der Waals surface area contributed by atoms with Gasteiger partial charge in [0.25, 0.3) is 6.01 Å². The quantitative estimate of drug-likeness (QED) is 0.302. The number of amides is 1. The van der Waals surface area contributed by atoms with Crippen LogP contribution in [-0.4, -0.2) is 22.0 Å². The molecule has 7 heteroatoms. The summed E-state index contributed by atoms with van der Waals surface area (Å²) in [6, 6.07) is 19.4. The number of carboxylic acids is 1. The van der Waals surface area contributed by atoms with Crippen LogP contribution in [0.2, 0.25) is 0 Å². The number of benzene rings is 3. The molecule has 3 N–H and O–H groups in total. The SMILES string of the molecule is Cc1ccccc1Nc1nc2c(C)cc(CC(=O)Nc3ccc([C@H](C)CC(=O)O)cc3)cc2o1. The highest BCUT2D eigenvalue weighted by Crippen LogP contribution is 2.27. The van der Waals surface area contributed by atoms with Crippen LogP contribution in [0.1, 0.15) is 41.5 Å². The van der Waals surface area contributed by atoms with Crippen molar-refractivity contribution in [3.63, 3.8) is 0 Å². The molecule has 0 aliphatic heterocycles. The predicted molar refractivity (Wildman–Crippen MR) is 133 cm³/mol. The monoisotopic (exact) mass is 457 g/mol. The summed E-state index contributed by atoms with van der Waals surface area (Å²) in [5.74, 6) is -1.08. The molecule has 0 fully saturated rings. The summed E-state index contributed by atoms with van der Waals surface area (Å²) >= 11 is 0. The van der Waals surface area contributed by atoms with Crippen molar-refractivity contribution < 1.29 is 19.1 Å². The van der Waals surface area contributed by atoms with Gasteiger partial charge < -0.3 is 20.2 Å². The van der Waals surface area contributed by atoms with Crippen molar-refractivity contribution in [3.05, 3.63) is 82.9 Å². The minimum Gasteiger partial charge on any atom is -0.481 e. The maximum Gasteiger partial charge on any atom is 0.303 e. The summed E-state index contributed by atoms with van der Waals surface area (Å²) in [5.41, 5.74) is 6.73. The van der Waals surface area contributed by atoms with Crippen molar-refractivity contribution in [1.82, 2.24) is 4.98 Å². The molecule has 0 saturated heterocycles. The Morgan fingerprint density at radius 1 is 1.03 bits per heavy atom. The molecule has 1 atom stereocenters. The Morgan fingerprint density at radius 3 is 2.47 bits per heavy atom. The standard InChI is InChI=1S/C27H27N3O4/c1-16-6-4-5-7-22(16)29-27-30-26-18(3)12-19(14-23(26)34-27)15-24(31)28-21-10-8-20(9-11-21)17(2)13-25(32)33/h4-12,14,17H,13,15H2,1-3H3,(H,28,31)(H,29,30)(H,32,33)/t17-/m1/s1. The second-order valence-corrected chi connectivity index (χ2v) is 8.56. The average molecular weight is 458 g/mol. The second kappa shape index (κ2) is 9.79. The number of nitrogens with one attached hydrogen (secondary N) is 2. The van der Waals surface area contributed by atoms with Gasteiger partial charge in [0.2, 0.25) is 5.91 Å². The van der Waals surface area contributed by atoms with Crippen LogP contribution in [0.15, 0.2) is 65.1 Å². The molecule has 0 aliphatic rings. The highest BCUT2D eigenvalue weighted by atomic mass is 16.4. The fourth-order valence-electron chi connectivity index (χ4n) is 3.92. The molecule has 0 aliphatic carbocycles. The van der Waals surface area contributed by atoms with Crippen molar-refractivity contribution in [2.24, 2.45) is 0 Å². The molecule has 0 unspecified atom stereocenters. The topological polar surface area (TPSA) is 104 Å². The van der Waals surface area contributed by atoms with Gasteiger partial charge in [-0.2, -0.15) is 4.98 Å².